The van der Waals surface area contributed by atoms with E-state index in [1.54, 1.807) is 19.2 Å². The van der Waals surface area contributed by atoms with Crippen molar-refractivity contribution in [3.63, 3.8) is 0 Å². The van der Waals surface area contributed by atoms with Crippen molar-refractivity contribution in [1.82, 2.24) is 0 Å². The highest BCUT2D eigenvalue weighted by atomic mass is 16.6. The highest BCUT2D eigenvalue weighted by Crippen LogP contribution is 2.51. The molecule has 2 atom stereocenters. The van der Waals surface area contributed by atoms with Crippen LogP contribution < -0.4 is 4.74 Å². The van der Waals surface area contributed by atoms with E-state index >= 15 is 0 Å². The van der Waals surface area contributed by atoms with Crippen molar-refractivity contribution in [3.8, 4) is 5.75 Å². The zero-order valence-electron chi connectivity index (χ0n) is 10.9. The molecule has 0 spiro atoms. The fourth-order valence-electron chi connectivity index (χ4n) is 2.51. The van der Waals surface area contributed by atoms with Crippen LogP contribution in [0, 0.1) is 0 Å². The Morgan fingerprint density at radius 2 is 1.70 bits per heavy atom. The maximum Gasteiger partial charge on any atom is 0.336 e. The van der Waals surface area contributed by atoms with Crippen LogP contribution in [0.15, 0.2) is 54.6 Å². The predicted octanol–water partition coefficient (Wildman–Crippen LogP) is 2.42. The molecule has 0 bridgehead atoms. The lowest BCUT2D eigenvalue weighted by Crippen LogP contribution is -2.20. The second-order valence-electron chi connectivity index (χ2n) is 4.67. The number of carbonyl (C=O) groups is 1. The maximum absolute atomic E-state index is 11.3. The van der Waals surface area contributed by atoms with Gasteiger partial charge in [-0.15, -0.1) is 0 Å². The largest absolute Gasteiger partial charge is 0.497 e. The normalized spacial score (nSPS) is 24.1. The molecule has 2 aromatic rings. The molecule has 3 rings (SSSR count). The lowest BCUT2D eigenvalue weighted by molar-refractivity contribution is -0.138. The van der Waals surface area contributed by atoms with E-state index in [-0.39, 0.29) is 0 Å². The number of benzene rings is 2. The minimum Gasteiger partial charge on any atom is -0.497 e. The molecule has 1 fully saturated rings. The zero-order chi connectivity index (χ0) is 14.2. The third-order valence-corrected chi connectivity index (χ3v) is 3.56. The molecule has 4 heteroatoms. The Hall–Kier alpha value is -2.33. The van der Waals surface area contributed by atoms with Crippen LogP contribution in [-0.2, 0) is 15.1 Å². The quantitative estimate of drug-likeness (QED) is 0.867. The van der Waals surface area contributed by atoms with Crippen LogP contribution in [0.2, 0.25) is 0 Å². The number of hydrogen-bond donors (Lipinski definition) is 1. The number of rotatable bonds is 4. The lowest BCUT2D eigenvalue weighted by atomic mass is 9.88. The summed E-state index contributed by atoms with van der Waals surface area (Å²) in [6, 6.07) is 16.7. The molecular weight excluding hydrogens is 256 g/mol. The average Bonchev–Trinajstić information content (AvgIpc) is 3.25. The van der Waals surface area contributed by atoms with Crippen LogP contribution in [0.25, 0.3) is 0 Å². The molecule has 102 valence electrons. The lowest BCUT2D eigenvalue weighted by Gasteiger charge is -2.14. The predicted molar refractivity (Wildman–Crippen MR) is 72.7 cm³/mol. The molecule has 20 heavy (non-hydrogen) atoms. The van der Waals surface area contributed by atoms with E-state index in [9.17, 15) is 9.90 Å². The Balaban J connectivity index is 2.06. The first-order valence-electron chi connectivity index (χ1n) is 6.29. The fraction of sp³-hybridized carbons (Fsp3) is 0.188. The van der Waals surface area contributed by atoms with Crippen LogP contribution >= 0.6 is 0 Å². The molecule has 0 saturated carbocycles. The van der Waals surface area contributed by atoms with Gasteiger partial charge in [0.15, 0.2) is 11.7 Å². The summed E-state index contributed by atoms with van der Waals surface area (Å²) in [4.78, 5) is 11.3. The van der Waals surface area contributed by atoms with Gasteiger partial charge in [-0.3, -0.25) is 0 Å². The van der Waals surface area contributed by atoms with Gasteiger partial charge in [0.05, 0.1) is 7.11 Å². The number of hydrogen-bond acceptors (Lipinski definition) is 3. The van der Waals surface area contributed by atoms with Gasteiger partial charge in [0.2, 0.25) is 0 Å². The Bertz CT molecular complexity index is 621. The third kappa shape index (κ3) is 1.85. The molecule has 0 radical (unpaired) electrons. The Morgan fingerprint density at radius 1 is 1.10 bits per heavy atom. The molecule has 0 amide bonds. The van der Waals surface area contributed by atoms with Gasteiger partial charge in [0.1, 0.15) is 5.75 Å². The van der Waals surface area contributed by atoms with Crippen LogP contribution in [0.5, 0.6) is 5.75 Å². The van der Waals surface area contributed by atoms with Gasteiger partial charge in [-0.1, -0.05) is 42.5 Å². The minimum absolute atomic E-state index is 0.726. The van der Waals surface area contributed by atoms with Crippen LogP contribution in [0.4, 0.5) is 0 Å². The molecule has 2 unspecified atom stereocenters. The number of carboxylic acid groups (broad SMARTS) is 1. The summed E-state index contributed by atoms with van der Waals surface area (Å²) in [7, 11) is 1.59. The topological polar surface area (TPSA) is 59.1 Å². The highest BCUT2D eigenvalue weighted by molar-refractivity contribution is 5.79. The Morgan fingerprint density at radius 3 is 2.20 bits per heavy atom. The van der Waals surface area contributed by atoms with E-state index in [1.165, 1.54) is 0 Å². The van der Waals surface area contributed by atoms with E-state index < -0.39 is 17.7 Å². The van der Waals surface area contributed by atoms with Crippen molar-refractivity contribution >= 4 is 5.97 Å². The first-order chi connectivity index (χ1) is 9.68. The van der Waals surface area contributed by atoms with Crippen molar-refractivity contribution in [1.29, 1.82) is 0 Å². The summed E-state index contributed by atoms with van der Waals surface area (Å²) in [5.41, 5.74) is 0.772. The van der Waals surface area contributed by atoms with Crippen molar-refractivity contribution in [2.24, 2.45) is 0 Å². The number of methoxy groups -OCH3 is 1. The third-order valence-electron chi connectivity index (χ3n) is 3.56. The molecule has 1 aliphatic rings. The molecule has 1 N–H and O–H groups in total. The number of epoxide rings is 1. The Kier molecular flexibility index (Phi) is 2.95. The summed E-state index contributed by atoms with van der Waals surface area (Å²) < 4.78 is 10.7. The maximum atomic E-state index is 11.3. The van der Waals surface area contributed by atoms with E-state index in [0.717, 1.165) is 16.9 Å². The SMILES string of the molecule is COc1ccc(C2(c3ccccc3)OC2C(=O)O)cc1. The molecule has 0 aromatic heterocycles. The smallest absolute Gasteiger partial charge is 0.336 e. The molecule has 1 heterocycles. The summed E-state index contributed by atoms with van der Waals surface area (Å²) in [5.74, 6) is -0.228. The first kappa shape index (κ1) is 12.7. The second-order valence-corrected chi connectivity index (χ2v) is 4.67. The average molecular weight is 270 g/mol. The van der Waals surface area contributed by atoms with Gasteiger partial charge in [-0.2, -0.15) is 0 Å². The van der Waals surface area contributed by atoms with E-state index in [1.807, 2.05) is 42.5 Å². The molecule has 2 aromatic carbocycles. The molecule has 0 aliphatic carbocycles. The van der Waals surface area contributed by atoms with Crippen molar-refractivity contribution in [2.75, 3.05) is 7.11 Å². The highest BCUT2D eigenvalue weighted by Gasteiger charge is 2.63. The standard InChI is InChI=1S/C16H14O4/c1-19-13-9-7-12(8-10-13)16(14(20-16)15(17)18)11-5-3-2-4-6-11/h2-10,14H,1H3,(H,17,18). The Labute approximate surface area is 116 Å². The molecular formula is C16H14O4. The summed E-state index contributed by atoms with van der Waals surface area (Å²) in [6.45, 7) is 0. The van der Waals surface area contributed by atoms with Gasteiger partial charge in [0, 0.05) is 0 Å². The van der Waals surface area contributed by atoms with Crippen molar-refractivity contribution in [2.45, 2.75) is 11.7 Å². The van der Waals surface area contributed by atoms with E-state index in [2.05, 4.69) is 0 Å². The van der Waals surface area contributed by atoms with Gasteiger partial charge < -0.3 is 14.6 Å². The minimum atomic E-state index is -0.954. The van der Waals surface area contributed by atoms with Crippen LogP contribution in [0.3, 0.4) is 0 Å². The summed E-state index contributed by atoms with van der Waals surface area (Å²) >= 11 is 0. The number of ether oxygens (including phenoxy) is 2. The number of aliphatic carboxylic acids is 1. The van der Waals surface area contributed by atoms with Crippen LogP contribution in [0.1, 0.15) is 11.1 Å². The van der Waals surface area contributed by atoms with Gasteiger partial charge >= 0.3 is 5.97 Å². The fourth-order valence-corrected chi connectivity index (χ4v) is 2.51. The molecule has 1 saturated heterocycles. The monoisotopic (exact) mass is 270 g/mol. The molecule has 1 aliphatic heterocycles. The van der Waals surface area contributed by atoms with Crippen molar-refractivity contribution in [3.05, 3.63) is 65.7 Å². The molecule has 4 nitrogen and oxygen atoms in total. The van der Waals surface area contributed by atoms with Gasteiger partial charge in [0.25, 0.3) is 0 Å². The zero-order valence-corrected chi connectivity index (χ0v) is 10.9. The first-order valence-corrected chi connectivity index (χ1v) is 6.29. The van der Waals surface area contributed by atoms with Gasteiger partial charge in [-0.25, -0.2) is 4.79 Å². The summed E-state index contributed by atoms with van der Waals surface area (Å²) in [5, 5.41) is 9.26. The number of carboxylic acids is 1. The van der Waals surface area contributed by atoms with E-state index in [0.29, 0.717) is 0 Å². The second kappa shape index (κ2) is 4.65. The van der Waals surface area contributed by atoms with Crippen molar-refractivity contribution < 1.29 is 19.4 Å². The van der Waals surface area contributed by atoms with Crippen LogP contribution in [-0.4, -0.2) is 24.3 Å². The van der Waals surface area contributed by atoms with Gasteiger partial charge in [-0.05, 0) is 23.3 Å². The summed E-state index contributed by atoms with van der Waals surface area (Å²) in [6.07, 6.45) is -0.849. The van der Waals surface area contributed by atoms with E-state index in [4.69, 9.17) is 9.47 Å².